The lowest BCUT2D eigenvalue weighted by Crippen LogP contribution is -2.04. The van der Waals surface area contributed by atoms with Crippen LogP contribution < -0.4 is 5.32 Å². The molecular weight excluding hydrogens is 230 g/mol. The fourth-order valence-corrected chi connectivity index (χ4v) is 2.30. The highest BCUT2D eigenvalue weighted by Gasteiger charge is 1.96. The molecule has 0 aliphatic heterocycles. The molecule has 94 valence electrons. The van der Waals surface area contributed by atoms with E-state index in [2.05, 4.69) is 72.0 Å². The van der Waals surface area contributed by atoms with Crippen molar-refractivity contribution < 1.29 is 0 Å². The summed E-state index contributed by atoms with van der Waals surface area (Å²) in [6.07, 6.45) is 1.04. The van der Waals surface area contributed by atoms with Crippen LogP contribution in [0, 0.1) is 0 Å². The highest BCUT2D eigenvalue weighted by molar-refractivity contribution is 5.82. The summed E-state index contributed by atoms with van der Waals surface area (Å²) in [4.78, 5) is 0. The largest absolute Gasteiger partial charge is 0.385 e. The third-order valence-corrected chi connectivity index (χ3v) is 3.33. The number of anilines is 1. The van der Waals surface area contributed by atoms with Gasteiger partial charge in [-0.25, -0.2) is 0 Å². The summed E-state index contributed by atoms with van der Waals surface area (Å²) < 4.78 is 0. The third kappa shape index (κ3) is 2.94. The van der Waals surface area contributed by atoms with Crippen molar-refractivity contribution in [3.63, 3.8) is 0 Å². The molecule has 3 aromatic rings. The number of hydrogen-bond donors (Lipinski definition) is 1. The van der Waals surface area contributed by atoms with Gasteiger partial charge in [-0.2, -0.15) is 0 Å². The maximum absolute atomic E-state index is 3.44. The van der Waals surface area contributed by atoms with Gasteiger partial charge >= 0.3 is 0 Å². The predicted octanol–water partition coefficient (Wildman–Crippen LogP) is 4.49. The molecule has 19 heavy (non-hydrogen) atoms. The van der Waals surface area contributed by atoms with E-state index in [4.69, 9.17) is 0 Å². The Kier molecular flexibility index (Phi) is 3.46. The first-order valence-corrected chi connectivity index (χ1v) is 6.68. The van der Waals surface area contributed by atoms with Crippen LogP contribution in [0.1, 0.15) is 5.56 Å². The number of nitrogens with one attached hydrogen (secondary N) is 1. The standard InChI is InChI=1S/C18H17N/c1-2-8-18(9-3-1)19-13-12-15-10-11-16-6-4-5-7-17(16)14-15/h1-11,14,19H,12-13H2. The monoisotopic (exact) mass is 247 g/mol. The van der Waals surface area contributed by atoms with E-state index in [-0.39, 0.29) is 0 Å². The summed E-state index contributed by atoms with van der Waals surface area (Å²) in [6, 6.07) is 25.5. The van der Waals surface area contributed by atoms with E-state index in [9.17, 15) is 0 Å². The highest BCUT2D eigenvalue weighted by Crippen LogP contribution is 2.16. The summed E-state index contributed by atoms with van der Waals surface area (Å²) >= 11 is 0. The quantitative estimate of drug-likeness (QED) is 0.716. The predicted molar refractivity (Wildman–Crippen MR) is 82.6 cm³/mol. The van der Waals surface area contributed by atoms with Crippen molar-refractivity contribution in [1.82, 2.24) is 0 Å². The van der Waals surface area contributed by atoms with Gasteiger partial charge in [0.2, 0.25) is 0 Å². The van der Waals surface area contributed by atoms with Gasteiger partial charge in [0, 0.05) is 12.2 Å². The minimum atomic E-state index is 0.961. The molecule has 1 nitrogen and oxygen atoms in total. The summed E-state index contributed by atoms with van der Waals surface area (Å²) in [5, 5.41) is 6.07. The molecule has 0 spiro atoms. The average molecular weight is 247 g/mol. The zero-order valence-corrected chi connectivity index (χ0v) is 10.8. The molecule has 0 aromatic heterocycles. The fraction of sp³-hybridized carbons (Fsp3) is 0.111. The first-order chi connectivity index (χ1) is 9.42. The van der Waals surface area contributed by atoms with Crippen LogP contribution in [0.25, 0.3) is 10.8 Å². The maximum atomic E-state index is 3.44. The van der Waals surface area contributed by atoms with Crippen molar-refractivity contribution >= 4 is 16.5 Å². The molecule has 1 heteroatoms. The van der Waals surface area contributed by atoms with Crippen molar-refractivity contribution in [2.75, 3.05) is 11.9 Å². The van der Waals surface area contributed by atoms with Gasteiger partial charge in [-0.3, -0.25) is 0 Å². The van der Waals surface area contributed by atoms with Crippen molar-refractivity contribution in [3.8, 4) is 0 Å². The second kappa shape index (κ2) is 5.57. The molecule has 0 unspecified atom stereocenters. The van der Waals surface area contributed by atoms with E-state index in [1.165, 1.54) is 22.0 Å². The highest BCUT2D eigenvalue weighted by atomic mass is 14.9. The fourth-order valence-electron chi connectivity index (χ4n) is 2.30. The first-order valence-electron chi connectivity index (χ1n) is 6.68. The second-order valence-electron chi connectivity index (χ2n) is 4.72. The second-order valence-corrected chi connectivity index (χ2v) is 4.72. The van der Waals surface area contributed by atoms with Gasteiger partial charge in [-0.1, -0.05) is 60.7 Å². The van der Waals surface area contributed by atoms with Crippen LogP contribution in [0.2, 0.25) is 0 Å². The van der Waals surface area contributed by atoms with E-state index < -0.39 is 0 Å². The molecular formula is C18H17N. The number of rotatable bonds is 4. The Hall–Kier alpha value is -2.28. The van der Waals surface area contributed by atoms with E-state index in [0.717, 1.165) is 13.0 Å². The van der Waals surface area contributed by atoms with Crippen LogP contribution >= 0.6 is 0 Å². The number of benzene rings is 3. The Labute approximate surface area is 113 Å². The van der Waals surface area contributed by atoms with Crippen molar-refractivity contribution in [3.05, 3.63) is 78.4 Å². The van der Waals surface area contributed by atoms with Crippen LogP contribution in [0.4, 0.5) is 5.69 Å². The van der Waals surface area contributed by atoms with Gasteiger partial charge in [0.25, 0.3) is 0 Å². The molecule has 0 bridgehead atoms. The molecule has 1 N–H and O–H groups in total. The van der Waals surface area contributed by atoms with E-state index in [1.807, 2.05) is 6.07 Å². The van der Waals surface area contributed by atoms with Gasteiger partial charge < -0.3 is 5.32 Å². The van der Waals surface area contributed by atoms with Crippen molar-refractivity contribution in [2.45, 2.75) is 6.42 Å². The molecule has 0 aliphatic carbocycles. The smallest absolute Gasteiger partial charge is 0.0340 e. The molecule has 0 fully saturated rings. The summed E-state index contributed by atoms with van der Waals surface area (Å²) in [7, 11) is 0. The van der Waals surface area contributed by atoms with Crippen molar-refractivity contribution in [2.24, 2.45) is 0 Å². The van der Waals surface area contributed by atoms with Gasteiger partial charge in [0.1, 0.15) is 0 Å². The SMILES string of the molecule is c1ccc(NCCc2ccc3ccccc3c2)cc1. The Morgan fingerprint density at radius 1 is 0.684 bits per heavy atom. The van der Waals surface area contributed by atoms with Crippen LogP contribution in [0.15, 0.2) is 72.8 Å². The minimum absolute atomic E-state index is 0.961. The third-order valence-electron chi connectivity index (χ3n) is 3.33. The molecule has 0 atom stereocenters. The van der Waals surface area contributed by atoms with Crippen LogP contribution in [0.5, 0.6) is 0 Å². The van der Waals surface area contributed by atoms with Crippen LogP contribution in [-0.2, 0) is 6.42 Å². The van der Waals surface area contributed by atoms with Gasteiger partial charge in [0.15, 0.2) is 0 Å². The van der Waals surface area contributed by atoms with E-state index in [0.29, 0.717) is 0 Å². The van der Waals surface area contributed by atoms with Gasteiger partial charge in [0.05, 0.1) is 0 Å². The average Bonchev–Trinajstić information content (AvgIpc) is 2.48. The number of hydrogen-bond acceptors (Lipinski definition) is 1. The van der Waals surface area contributed by atoms with Gasteiger partial charge in [-0.15, -0.1) is 0 Å². The topological polar surface area (TPSA) is 12.0 Å². The summed E-state index contributed by atoms with van der Waals surface area (Å²) in [5.41, 5.74) is 2.56. The molecule has 0 saturated carbocycles. The van der Waals surface area contributed by atoms with E-state index in [1.54, 1.807) is 0 Å². The Morgan fingerprint density at radius 2 is 1.42 bits per heavy atom. The first kappa shape index (κ1) is 11.8. The molecule has 3 rings (SSSR count). The maximum Gasteiger partial charge on any atom is 0.0340 e. The summed E-state index contributed by atoms with van der Waals surface area (Å²) in [6.45, 7) is 0.961. The molecule has 0 heterocycles. The zero-order chi connectivity index (χ0) is 12.9. The number of fused-ring (bicyclic) bond motifs is 1. The summed E-state index contributed by atoms with van der Waals surface area (Å²) in [5.74, 6) is 0. The number of para-hydroxylation sites is 1. The Balaban J connectivity index is 1.65. The zero-order valence-electron chi connectivity index (χ0n) is 10.8. The lowest BCUT2D eigenvalue weighted by Gasteiger charge is -2.07. The molecule has 3 aromatic carbocycles. The molecule has 0 aliphatic rings. The normalized spacial score (nSPS) is 10.5. The lowest BCUT2D eigenvalue weighted by atomic mass is 10.1. The Bertz CT molecular complexity index is 659. The Morgan fingerprint density at radius 3 is 2.26 bits per heavy atom. The molecule has 0 saturated heterocycles. The van der Waals surface area contributed by atoms with Crippen molar-refractivity contribution in [1.29, 1.82) is 0 Å². The molecule has 0 amide bonds. The van der Waals surface area contributed by atoms with Crippen LogP contribution in [0.3, 0.4) is 0 Å². The van der Waals surface area contributed by atoms with Gasteiger partial charge in [-0.05, 0) is 34.9 Å². The lowest BCUT2D eigenvalue weighted by molar-refractivity contribution is 1.02. The van der Waals surface area contributed by atoms with E-state index >= 15 is 0 Å². The molecule has 0 radical (unpaired) electrons. The van der Waals surface area contributed by atoms with Crippen LogP contribution in [-0.4, -0.2) is 6.54 Å². The minimum Gasteiger partial charge on any atom is -0.385 e.